The topological polar surface area (TPSA) is 73.0 Å². The zero-order valence-corrected chi connectivity index (χ0v) is 20.1. The van der Waals surface area contributed by atoms with E-state index in [1.165, 1.54) is 6.42 Å². The molecule has 3 aromatic heterocycles. The van der Waals surface area contributed by atoms with Crippen molar-refractivity contribution in [2.45, 2.75) is 43.7 Å². The molecule has 0 spiro atoms. The molecule has 0 radical (unpaired) electrons. The Morgan fingerprint density at radius 2 is 1.68 bits per heavy atom. The van der Waals surface area contributed by atoms with Gasteiger partial charge in [0, 0.05) is 44.9 Å². The monoisotopic (exact) mass is 551 g/mol. The number of hydrogen-bond acceptors (Lipinski definition) is 7. The Morgan fingerprint density at radius 3 is 2.42 bits per heavy atom. The molecule has 5 fully saturated rings. The van der Waals surface area contributed by atoms with Gasteiger partial charge in [-0.2, -0.15) is 14.7 Å². The van der Waals surface area contributed by atoms with Crippen LogP contribution in [0.3, 0.4) is 0 Å². The molecule has 4 bridgehead atoms. The van der Waals surface area contributed by atoms with Crippen molar-refractivity contribution in [3.8, 4) is 11.3 Å². The molecule has 3 aromatic rings. The third-order valence-corrected chi connectivity index (χ3v) is 8.78. The fraction of sp³-hybridized carbons (Fsp3) is 0.550. The Kier molecular flexibility index (Phi) is 4.46. The summed E-state index contributed by atoms with van der Waals surface area (Å²) in [7, 11) is 0. The quantitative estimate of drug-likeness (QED) is 0.365. The van der Waals surface area contributed by atoms with E-state index >= 15 is 0 Å². The lowest BCUT2D eigenvalue weighted by Crippen LogP contribution is -2.57. The molecule has 11 heteroatoms. The third kappa shape index (κ3) is 3.09. The van der Waals surface area contributed by atoms with Gasteiger partial charge >= 0.3 is 0 Å². The fourth-order valence-corrected chi connectivity index (χ4v) is 6.97. The summed E-state index contributed by atoms with van der Waals surface area (Å²) >= 11 is 2.36. The molecule has 5 aliphatic heterocycles. The van der Waals surface area contributed by atoms with Crippen LogP contribution in [0.5, 0.6) is 0 Å². The number of hydrogen-bond donors (Lipinski definition) is 0. The number of nitrogens with zero attached hydrogens (tertiary/aromatic N) is 7. The van der Waals surface area contributed by atoms with Gasteiger partial charge in [0.25, 0.3) is 0 Å². The van der Waals surface area contributed by atoms with E-state index in [-0.39, 0.29) is 0 Å². The van der Waals surface area contributed by atoms with Gasteiger partial charge in [0.1, 0.15) is 11.6 Å². The van der Waals surface area contributed by atoms with Crippen LogP contribution in [-0.2, 0) is 9.47 Å². The summed E-state index contributed by atoms with van der Waals surface area (Å²) in [4.78, 5) is 9.95. The van der Waals surface area contributed by atoms with Crippen LogP contribution in [0.2, 0.25) is 0 Å². The molecular formula is C20H23IN7O2P. The highest BCUT2D eigenvalue weighted by molar-refractivity contribution is 14.2. The second-order valence-corrected chi connectivity index (χ2v) is 10.9. The molecule has 5 atom stereocenters. The molecule has 9 nitrogen and oxygen atoms in total. The molecule has 0 aromatic carbocycles. The zero-order valence-electron chi connectivity index (χ0n) is 16.9. The van der Waals surface area contributed by atoms with Gasteiger partial charge in [-0.3, -0.25) is 0 Å². The Labute approximate surface area is 194 Å². The van der Waals surface area contributed by atoms with Crippen LogP contribution < -0.4 is 9.80 Å². The zero-order chi connectivity index (χ0) is 20.5. The summed E-state index contributed by atoms with van der Waals surface area (Å²) in [6, 6.07) is 4.27. The van der Waals surface area contributed by atoms with Gasteiger partial charge in [0.2, 0.25) is 0 Å². The van der Waals surface area contributed by atoms with Crippen LogP contribution in [0.15, 0.2) is 24.5 Å². The van der Waals surface area contributed by atoms with E-state index in [9.17, 15) is 0 Å². The van der Waals surface area contributed by atoms with Crippen molar-refractivity contribution in [1.29, 1.82) is 0 Å². The molecule has 5 aliphatic rings. The minimum atomic E-state index is 0.318. The standard InChI is InChI=1S/C20H23IN7O2P/c21-31-28-17(3-4-22-28)16-7-23-27-19(26-8-12-1-2-13(9-26)29-12)6-18(24-20(16)27)25-10-14-5-15(11-25)30-14/h3-4,6-7,12-15,31H,1-2,5,8-11H2. The minimum Gasteiger partial charge on any atom is -0.371 e. The maximum absolute atomic E-state index is 6.10. The summed E-state index contributed by atoms with van der Waals surface area (Å²) in [5, 5.41) is 9.26. The van der Waals surface area contributed by atoms with E-state index in [0.29, 0.717) is 30.8 Å². The normalized spacial score (nSPS) is 30.0. The highest BCUT2D eigenvalue weighted by Gasteiger charge is 2.40. The van der Waals surface area contributed by atoms with Gasteiger partial charge in [0.15, 0.2) is 5.65 Å². The molecule has 31 heavy (non-hydrogen) atoms. The van der Waals surface area contributed by atoms with E-state index in [1.807, 2.05) is 21.4 Å². The number of anilines is 2. The Balaban J connectivity index is 1.37. The molecule has 8 rings (SSSR count). The van der Waals surface area contributed by atoms with Gasteiger partial charge in [-0.1, -0.05) is 0 Å². The second kappa shape index (κ2) is 7.26. The van der Waals surface area contributed by atoms with Crippen molar-refractivity contribution in [2.24, 2.45) is 0 Å². The van der Waals surface area contributed by atoms with Crippen LogP contribution >= 0.6 is 28.4 Å². The maximum atomic E-state index is 6.10. The van der Waals surface area contributed by atoms with E-state index in [4.69, 9.17) is 19.6 Å². The molecule has 0 saturated carbocycles. The van der Waals surface area contributed by atoms with Gasteiger partial charge in [0.05, 0.1) is 48.2 Å². The number of aromatic nitrogens is 5. The van der Waals surface area contributed by atoms with Crippen molar-refractivity contribution in [3.63, 3.8) is 0 Å². The average molecular weight is 551 g/mol. The summed E-state index contributed by atoms with van der Waals surface area (Å²) in [5.41, 5.74) is 2.98. The first-order valence-corrected chi connectivity index (χ1v) is 14.9. The largest absolute Gasteiger partial charge is 0.371 e. The molecule has 8 heterocycles. The lowest BCUT2D eigenvalue weighted by Gasteiger charge is -2.47. The summed E-state index contributed by atoms with van der Waals surface area (Å²) in [6.07, 6.45) is 9.10. The Morgan fingerprint density at radius 1 is 0.968 bits per heavy atom. The van der Waals surface area contributed by atoms with Crippen molar-refractivity contribution >= 4 is 45.7 Å². The van der Waals surface area contributed by atoms with Crippen molar-refractivity contribution in [2.75, 3.05) is 36.0 Å². The highest BCUT2D eigenvalue weighted by Crippen LogP contribution is 2.37. The average Bonchev–Trinajstić information content (AvgIpc) is 3.50. The third-order valence-electron chi connectivity index (χ3n) is 6.89. The smallest absolute Gasteiger partial charge is 0.169 e. The van der Waals surface area contributed by atoms with Crippen LogP contribution in [0, 0.1) is 0 Å². The first kappa shape index (κ1) is 19.0. The molecule has 162 valence electrons. The van der Waals surface area contributed by atoms with E-state index in [2.05, 4.69) is 49.1 Å². The summed E-state index contributed by atoms with van der Waals surface area (Å²) < 4.78 is 16.0. The van der Waals surface area contributed by atoms with Crippen LogP contribution in [0.1, 0.15) is 19.3 Å². The van der Waals surface area contributed by atoms with Gasteiger partial charge in [-0.05, 0) is 40.9 Å². The van der Waals surface area contributed by atoms with Crippen LogP contribution in [0.25, 0.3) is 16.9 Å². The Bertz CT molecular complexity index is 1120. The molecule has 0 N–H and O–H groups in total. The number of morpholine rings is 2. The van der Waals surface area contributed by atoms with Gasteiger partial charge < -0.3 is 19.3 Å². The number of piperidine rings is 1. The maximum Gasteiger partial charge on any atom is 0.169 e. The predicted octanol–water partition coefficient (Wildman–Crippen LogP) is 2.73. The fourth-order valence-electron chi connectivity index (χ4n) is 5.42. The number of ether oxygens (including phenoxy) is 2. The Hall–Kier alpha value is -1.49. The predicted molar refractivity (Wildman–Crippen MR) is 128 cm³/mol. The first-order chi connectivity index (χ1) is 15.2. The highest BCUT2D eigenvalue weighted by atomic mass is 127. The van der Waals surface area contributed by atoms with E-state index < -0.39 is 0 Å². The number of rotatable bonds is 4. The molecule has 0 aliphatic carbocycles. The number of fused-ring (bicyclic) bond motifs is 5. The molecular weight excluding hydrogens is 528 g/mol. The second-order valence-electron chi connectivity index (χ2n) is 8.86. The van der Waals surface area contributed by atoms with Crippen molar-refractivity contribution < 1.29 is 9.47 Å². The van der Waals surface area contributed by atoms with Gasteiger partial charge in [-0.15, -0.1) is 0 Å². The van der Waals surface area contributed by atoms with Crippen LogP contribution in [0.4, 0.5) is 11.6 Å². The molecule has 5 saturated heterocycles. The first-order valence-electron chi connectivity index (χ1n) is 10.9. The van der Waals surface area contributed by atoms with E-state index in [0.717, 1.165) is 67.6 Å². The lowest BCUT2D eigenvalue weighted by molar-refractivity contribution is -0.133. The molecule has 5 unspecified atom stereocenters. The SMILES string of the molecule is IPn1nccc1-c1cnn2c(N3CC4CCC(C3)O4)cc(N3CC4CC(C3)O4)nc12. The van der Waals surface area contributed by atoms with Crippen LogP contribution in [-0.4, -0.2) is 74.7 Å². The minimum absolute atomic E-state index is 0.318. The van der Waals surface area contributed by atoms with Crippen molar-refractivity contribution in [3.05, 3.63) is 24.5 Å². The van der Waals surface area contributed by atoms with E-state index in [1.54, 1.807) is 0 Å². The molecule has 0 amide bonds. The number of halogens is 1. The summed E-state index contributed by atoms with van der Waals surface area (Å²) in [5.74, 6) is 2.12. The van der Waals surface area contributed by atoms with Crippen molar-refractivity contribution in [1.82, 2.24) is 24.1 Å². The van der Waals surface area contributed by atoms with Gasteiger partial charge in [-0.25, -0.2) is 9.44 Å². The lowest BCUT2D eigenvalue weighted by atomic mass is 9.99. The summed E-state index contributed by atoms with van der Waals surface area (Å²) in [6.45, 7) is 3.63.